The van der Waals surface area contributed by atoms with Gasteiger partial charge in [0.25, 0.3) is 0 Å². The maximum Gasteiger partial charge on any atom is 0.323 e. The van der Waals surface area contributed by atoms with Crippen LogP contribution in [0.4, 0.5) is 0 Å². The van der Waals surface area contributed by atoms with Gasteiger partial charge in [-0.3, -0.25) is 10.1 Å². The molecule has 1 aliphatic heterocycles. The molecule has 0 aliphatic carbocycles. The molecule has 1 rings (SSSR count). The van der Waals surface area contributed by atoms with Crippen LogP contribution in [0.15, 0.2) is 0 Å². The summed E-state index contributed by atoms with van der Waals surface area (Å²) in [4.78, 5) is 16.4. The summed E-state index contributed by atoms with van der Waals surface area (Å²) in [5.41, 5.74) is -0.798. The monoisotopic (exact) mass is 299 g/mol. The third-order valence-electron chi connectivity index (χ3n) is 4.29. The van der Waals surface area contributed by atoms with Crippen molar-refractivity contribution in [2.24, 2.45) is 0 Å². The van der Waals surface area contributed by atoms with Crippen molar-refractivity contribution in [2.75, 3.05) is 39.8 Å². The molecule has 1 heterocycles. The first kappa shape index (κ1) is 18.4. The van der Waals surface area contributed by atoms with Crippen molar-refractivity contribution >= 4 is 5.97 Å². The minimum Gasteiger partial charge on any atom is -0.480 e. The van der Waals surface area contributed by atoms with E-state index < -0.39 is 11.5 Å². The molecule has 0 aromatic carbocycles. The second kappa shape index (κ2) is 8.71. The molecule has 1 aliphatic rings. The number of carbonyl (C=O) groups is 1. The molecule has 21 heavy (non-hydrogen) atoms. The highest BCUT2D eigenvalue weighted by Gasteiger charge is 2.32. The summed E-state index contributed by atoms with van der Waals surface area (Å²) >= 11 is 0. The second-order valence-corrected chi connectivity index (χ2v) is 6.89. The highest BCUT2D eigenvalue weighted by atomic mass is 16.4. The number of hydrogen-bond acceptors (Lipinski definition) is 4. The molecule has 1 saturated heterocycles. The summed E-state index contributed by atoms with van der Waals surface area (Å²) < 4.78 is 0. The molecule has 1 unspecified atom stereocenters. The van der Waals surface area contributed by atoms with Gasteiger partial charge < -0.3 is 14.9 Å². The van der Waals surface area contributed by atoms with Gasteiger partial charge in [-0.25, -0.2) is 0 Å². The summed E-state index contributed by atoms with van der Waals surface area (Å²) in [5, 5.41) is 12.6. The van der Waals surface area contributed by atoms with E-state index in [1.807, 2.05) is 13.8 Å². The van der Waals surface area contributed by atoms with E-state index in [2.05, 4.69) is 22.2 Å². The normalized spacial score (nSPS) is 21.2. The van der Waals surface area contributed by atoms with Crippen LogP contribution in [0.5, 0.6) is 0 Å². The Balaban J connectivity index is 2.29. The summed E-state index contributed by atoms with van der Waals surface area (Å²) in [6.45, 7) is 11.5. The predicted molar refractivity (Wildman–Crippen MR) is 86.7 cm³/mol. The topological polar surface area (TPSA) is 55.8 Å². The zero-order valence-corrected chi connectivity index (χ0v) is 14.2. The molecule has 124 valence electrons. The van der Waals surface area contributed by atoms with Crippen LogP contribution < -0.4 is 5.32 Å². The molecule has 1 atom stereocenters. The van der Waals surface area contributed by atoms with Crippen molar-refractivity contribution < 1.29 is 9.90 Å². The Morgan fingerprint density at radius 3 is 2.57 bits per heavy atom. The fraction of sp³-hybridized carbons (Fsp3) is 0.938. The standard InChI is InChI=1S/C16H33N3O2/c1-14(2)17-16(3,15(20)21)8-5-6-10-19-11-7-9-18(4)12-13-19/h14,17H,5-13H2,1-4H3,(H,20,21). The molecule has 5 heteroatoms. The maximum absolute atomic E-state index is 11.5. The zero-order valence-electron chi connectivity index (χ0n) is 14.2. The Bertz CT molecular complexity index is 323. The first-order valence-electron chi connectivity index (χ1n) is 8.25. The number of rotatable bonds is 8. The lowest BCUT2D eigenvalue weighted by Gasteiger charge is -2.29. The molecule has 0 aromatic heterocycles. The Morgan fingerprint density at radius 1 is 1.24 bits per heavy atom. The van der Waals surface area contributed by atoms with Crippen molar-refractivity contribution in [1.29, 1.82) is 0 Å². The minimum atomic E-state index is -0.798. The van der Waals surface area contributed by atoms with E-state index in [9.17, 15) is 9.90 Å². The fourth-order valence-electron chi connectivity index (χ4n) is 3.02. The number of nitrogens with zero attached hydrogens (tertiary/aromatic N) is 2. The van der Waals surface area contributed by atoms with Crippen molar-refractivity contribution in [1.82, 2.24) is 15.1 Å². The van der Waals surface area contributed by atoms with Gasteiger partial charge in [0.05, 0.1) is 0 Å². The number of carboxylic acid groups (broad SMARTS) is 1. The predicted octanol–water partition coefficient (Wildman–Crippen LogP) is 1.64. The van der Waals surface area contributed by atoms with E-state index in [4.69, 9.17) is 0 Å². The molecule has 1 fully saturated rings. The lowest BCUT2D eigenvalue weighted by Crippen LogP contribution is -2.52. The lowest BCUT2D eigenvalue weighted by molar-refractivity contribution is -0.144. The molecule has 0 radical (unpaired) electrons. The van der Waals surface area contributed by atoms with E-state index in [0.29, 0.717) is 6.42 Å². The van der Waals surface area contributed by atoms with Gasteiger partial charge in [-0.2, -0.15) is 0 Å². The molecule has 2 N–H and O–H groups in total. The van der Waals surface area contributed by atoms with Crippen LogP contribution in [0, 0.1) is 0 Å². The van der Waals surface area contributed by atoms with Gasteiger partial charge in [0.2, 0.25) is 0 Å². The van der Waals surface area contributed by atoms with Crippen LogP contribution >= 0.6 is 0 Å². The highest BCUT2D eigenvalue weighted by molar-refractivity contribution is 5.78. The summed E-state index contributed by atoms with van der Waals surface area (Å²) in [5.74, 6) is -0.743. The largest absolute Gasteiger partial charge is 0.480 e. The van der Waals surface area contributed by atoms with E-state index >= 15 is 0 Å². The van der Waals surface area contributed by atoms with Crippen LogP contribution in [0.3, 0.4) is 0 Å². The van der Waals surface area contributed by atoms with Crippen LogP contribution in [0.1, 0.15) is 46.5 Å². The average molecular weight is 299 g/mol. The maximum atomic E-state index is 11.5. The summed E-state index contributed by atoms with van der Waals surface area (Å²) in [6, 6.07) is 0.187. The molecule has 0 bridgehead atoms. The summed E-state index contributed by atoms with van der Waals surface area (Å²) in [7, 11) is 2.18. The number of hydrogen-bond donors (Lipinski definition) is 2. The van der Waals surface area contributed by atoms with E-state index in [0.717, 1.165) is 32.5 Å². The molecular weight excluding hydrogens is 266 g/mol. The van der Waals surface area contributed by atoms with Crippen molar-refractivity contribution in [3.8, 4) is 0 Å². The Kier molecular flexibility index (Phi) is 7.63. The van der Waals surface area contributed by atoms with Gasteiger partial charge in [-0.15, -0.1) is 0 Å². The van der Waals surface area contributed by atoms with Crippen LogP contribution in [-0.4, -0.2) is 72.2 Å². The Morgan fingerprint density at radius 2 is 1.95 bits per heavy atom. The van der Waals surface area contributed by atoms with Crippen LogP contribution in [0.25, 0.3) is 0 Å². The second-order valence-electron chi connectivity index (χ2n) is 6.89. The van der Waals surface area contributed by atoms with Crippen molar-refractivity contribution in [3.63, 3.8) is 0 Å². The molecule has 0 saturated carbocycles. The van der Waals surface area contributed by atoms with Crippen molar-refractivity contribution in [2.45, 2.75) is 58.0 Å². The number of unbranched alkanes of at least 4 members (excludes halogenated alkanes) is 1. The quantitative estimate of drug-likeness (QED) is 0.667. The van der Waals surface area contributed by atoms with Gasteiger partial charge in [0, 0.05) is 19.1 Å². The fourth-order valence-corrected chi connectivity index (χ4v) is 3.02. The first-order valence-corrected chi connectivity index (χ1v) is 8.25. The van der Waals surface area contributed by atoms with Gasteiger partial charge >= 0.3 is 5.97 Å². The zero-order chi connectivity index (χ0) is 15.9. The molecule has 0 amide bonds. The van der Waals surface area contributed by atoms with Crippen molar-refractivity contribution in [3.05, 3.63) is 0 Å². The molecule has 0 aromatic rings. The molecular formula is C16H33N3O2. The Labute approximate surface area is 129 Å². The SMILES string of the molecule is CC(C)NC(C)(CCCCN1CCCN(C)CC1)C(=O)O. The number of nitrogens with one attached hydrogen (secondary N) is 1. The minimum absolute atomic E-state index is 0.187. The van der Waals surface area contributed by atoms with Gasteiger partial charge in [0.1, 0.15) is 5.54 Å². The molecule has 0 spiro atoms. The third kappa shape index (κ3) is 6.76. The molecule has 5 nitrogen and oxygen atoms in total. The average Bonchev–Trinajstić information content (AvgIpc) is 2.58. The smallest absolute Gasteiger partial charge is 0.323 e. The van der Waals surface area contributed by atoms with Crippen LogP contribution in [0.2, 0.25) is 0 Å². The number of likely N-dealkylation sites (N-methyl/N-ethyl adjacent to an activating group) is 1. The van der Waals surface area contributed by atoms with E-state index in [-0.39, 0.29) is 6.04 Å². The van der Waals surface area contributed by atoms with Gasteiger partial charge in [-0.1, -0.05) is 0 Å². The van der Waals surface area contributed by atoms with E-state index in [1.54, 1.807) is 6.92 Å². The van der Waals surface area contributed by atoms with Gasteiger partial charge in [-0.05, 0) is 73.1 Å². The first-order chi connectivity index (χ1) is 9.83. The van der Waals surface area contributed by atoms with Crippen LogP contribution in [-0.2, 0) is 4.79 Å². The number of aliphatic carboxylic acids is 1. The Hall–Kier alpha value is -0.650. The van der Waals surface area contributed by atoms with Gasteiger partial charge in [0.15, 0.2) is 0 Å². The lowest BCUT2D eigenvalue weighted by atomic mass is 9.94. The summed E-state index contributed by atoms with van der Waals surface area (Å²) in [6.07, 6.45) is 3.95. The highest BCUT2D eigenvalue weighted by Crippen LogP contribution is 2.16. The third-order valence-corrected chi connectivity index (χ3v) is 4.29. The number of carboxylic acids is 1. The van der Waals surface area contributed by atoms with E-state index in [1.165, 1.54) is 19.5 Å².